The molecule has 2 aliphatic heterocycles. The van der Waals surface area contributed by atoms with Crippen LogP contribution in [0.4, 0.5) is 0 Å². The third-order valence-corrected chi connectivity index (χ3v) is 6.10. The van der Waals surface area contributed by atoms with Crippen molar-refractivity contribution in [2.45, 2.75) is 25.4 Å². The fraction of sp³-hybridized carbons (Fsp3) is 0.455. The van der Waals surface area contributed by atoms with Gasteiger partial charge in [-0.25, -0.2) is 9.97 Å². The number of hydrogen-bond donors (Lipinski definition) is 0. The van der Waals surface area contributed by atoms with E-state index >= 15 is 0 Å². The Balaban J connectivity index is 1.21. The minimum Gasteiger partial charge on any atom is -0.454 e. The van der Waals surface area contributed by atoms with Crippen LogP contribution < -0.4 is 9.47 Å². The third kappa shape index (κ3) is 3.68. The van der Waals surface area contributed by atoms with E-state index in [1.165, 1.54) is 24.1 Å². The van der Waals surface area contributed by atoms with E-state index in [1.807, 2.05) is 23.0 Å². The monoisotopic (exact) mass is 408 g/mol. The van der Waals surface area contributed by atoms with Gasteiger partial charge in [0.05, 0.1) is 17.9 Å². The lowest BCUT2D eigenvalue weighted by molar-refractivity contribution is 0.174. The van der Waals surface area contributed by atoms with Crippen LogP contribution in [0.5, 0.6) is 11.5 Å². The molecule has 158 valence electrons. The van der Waals surface area contributed by atoms with E-state index in [1.54, 1.807) is 12.5 Å². The summed E-state index contributed by atoms with van der Waals surface area (Å²) in [5.41, 5.74) is 2.52. The van der Waals surface area contributed by atoms with E-state index in [0.29, 0.717) is 12.8 Å². The lowest BCUT2D eigenvalue weighted by Crippen LogP contribution is -2.33. The summed E-state index contributed by atoms with van der Waals surface area (Å²) in [5.74, 6) is 2.60. The number of fused-ring (bicyclic) bond motifs is 1. The van der Waals surface area contributed by atoms with Crippen molar-refractivity contribution in [2.24, 2.45) is 7.05 Å². The average Bonchev–Trinajstić information content (AvgIpc) is 3.52. The molecule has 0 saturated carbocycles. The zero-order valence-corrected chi connectivity index (χ0v) is 17.6. The number of aromatic nitrogens is 4. The fourth-order valence-corrected chi connectivity index (χ4v) is 4.50. The van der Waals surface area contributed by atoms with Gasteiger partial charge in [0, 0.05) is 39.1 Å². The molecule has 2 aliphatic rings. The molecule has 3 aromatic rings. The average molecular weight is 409 g/mol. The second kappa shape index (κ2) is 8.12. The van der Waals surface area contributed by atoms with Crippen molar-refractivity contribution in [2.75, 3.05) is 33.5 Å². The van der Waals surface area contributed by atoms with E-state index in [-0.39, 0.29) is 0 Å². The molecule has 8 nitrogen and oxygen atoms in total. The molecular formula is C22H28N6O2. The van der Waals surface area contributed by atoms with Crippen LogP contribution in [0.25, 0.3) is 5.95 Å². The molecule has 5 rings (SSSR count). The predicted molar refractivity (Wildman–Crippen MR) is 113 cm³/mol. The summed E-state index contributed by atoms with van der Waals surface area (Å²) >= 11 is 0. The van der Waals surface area contributed by atoms with E-state index < -0.39 is 0 Å². The van der Waals surface area contributed by atoms with E-state index in [2.05, 4.69) is 50.6 Å². The maximum atomic E-state index is 5.50. The second-order valence-corrected chi connectivity index (χ2v) is 8.13. The van der Waals surface area contributed by atoms with Gasteiger partial charge in [-0.15, -0.1) is 0 Å². The summed E-state index contributed by atoms with van der Waals surface area (Å²) in [5, 5.41) is 0. The number of hydrogen-bond acceptors (Lipinski definition) is 6. The van der Waals surface area contributed by atoms with Gasteiger partial charge >= 0.3 is 0 Å². The topological polar surface area (TPSA) is 60.6 Å². The Morgan fingerprint density at radius 3 is 3.00 bits per heavy atom. The Kier molecular flexibility index (Phi) is 5.18. The molecule has 1 aromatic carbocycles. The van der Waals surface area contributed by atoms with E-state index in [9.17, 15) is 0 Å². The van der Waals surface area contributed by atoms with E-state index in [0.717, 1.165) is 43.6 Å². The summed E-state index contributed by atoms with van der Waals surface area (Å²) in [6.45, 7) is 4.40. The second-order valence-electron chi connectivity index (χ2n) is 8.13. The van der Waals surface area contributed by atoms with Crippen molar-refractivity contribution < 1.29 is 9.47 Å². The van der Waals surface area contributed by atoms with Gasteiger partial charge in [0.1, 0.15) is 6.33 Å². The van der Waals surface area contributed by atoms with Gasteiger partial charge in [-0.05, 0) is 44.1 Å². The molecule has 4 heterocycles. The van der Waals surface area contributed by atoms with Crippen LogP contribution in [-0.2, 0) is 13.6 Å². The van der Waals surface area contributed by atoms with Gasteiger partial charge in [0.15, 0.2) is 11.5 Å². The summed E-state index contributed by atoms with van der Waals surface area (Å²) in [6.07, 6.45) is 9.94. The Morgan fingerprint density at radius 2 is 2.13 bits per heavy atom. The molecule has 0 radical (unpaired) electrons. The SMILES string of the molecule is CN(CCN1CCCC1c1cnc(-n2ccnc2)n1C)Cc1ccc2c(c1)OCO2. The number of ether oxygens (including phenoxy) is 2. The fourth-order valence-electron chi connectivity index (χ4n) is 4.50. The first-order valence-corrected chi connectivity index (χ1v) is 10.5. The molecule has 1 fully saturated rings. The Hall–Kier alpha value is -2.84. The molecule has 1 atom stereocenters. The molecule has 0 N–H and O–H groups in total. The summed E-state index contributed by atoms with van der Waals surface area (Å²) in [4.78, 5) is 13.7. The predicted octanol–water partition coefficient (Wildman–Crippen LogP) is 2.60. The normalized spacial score (nSPS) is 18.6. The number of benzene rings is 1. The van der Waals surface area contributed by atoms with Crippen molar-refractivity contribution in [1.82, 2.24) is 28.9 Å². The van der Waals surface area contributed by atoms with Crippen LogP contribution in [-0.4, -0.2) is 62.4 Å². The molecule has 0 amide bonds. The molecule has 8 heteroatoms. The number of rotatable bonds is 7. The van der Waals surface area contributed by atoms with Crippen molar-refractivity contribution in [3.05, 3.63) is 54.4 Å². The van der Waals surface area contributed by atoms with Crippen molar-refractivity contribution in [3.8, 4) is 17.4 Å². The maximum absolute atomic E-state index is 5.50. The zero-order chi connectivity index (χ0) is 20.5. The lowest BCUT2D eigenvalue weighted by Gasteiger charge is -2.27. The van der Waals surface area contributed by atoms with Gasteiger partial charge < -0.3 is 18.9 Å². The smallest absolute Gasteiger partial charge is 0.231 e. The van der Waals surface area contributed by atoms with Gasteiger partial charge in [0.2, 0.25) is 12.7 Å². The first kappa shape index (κ1) is 19.1. The minimum absolute atomic E-state index is 0.321. The zero-order valence-electron chi connectivity index (χ0n) is 17.6. The Bertz CT molecular complexity index is 999. The highest BCUT2D eigenvalue weighted by Crippen LogP contribution is 2.33. The van der Waals surface area contributed by atoms with Crippen LogP contribution in [0.15, 0.2) is 43.1 Å². The standard InChI is InChI=1S/C22H28N6O2/c1-25(14-17-5-6-20-21(12-17)30-16-29-20)10-11-27-8-3-4-18(27)19-13-24-22(26(19)2)28-9-7-23-15-28/h5-7,9,12-13,15,18H,3-4,8,10-11,14,16H2,1-2H3. The van der Waals surface area contributed by atoms with Crippen LogP contribution >= 0.6 is 0 Å². The van der Waals surface area contributed by atoms with Crippen LogP contribution in [0, 0.1) is 0 Å². The summed E-state index contributed by atoms with van der Waals surface area (Å²) < 4.78 is 15.1. The summed E-state index contributed by atoms with van der Waals surface area (Å²) in [7, 11) is 4.27. The maximum Gasteiger partial charge on any atom is 0.231 e. The highest BCUT2D eigenvalue weighted by Gasteiger charge is 2.29. The highest BCUT2D eigenvalue weighted by atomic mass is 16.7. The lowest BCUT2D eigenvalue weighted by atomic mass is 10.1. The van der Waals surface area contributed by atoms with Gasteiger partial charge in [-0.1, -0.05) is 6.07 Å². The molecule has 1 saturated heterocycles. The first-order chi connectivity index (χ1) is 14.7. The van der Waals surface area contributed by atoms with Gasteiger partial charge in [-0.3, -0.25) is 9.47 Å². The van der Waals surface area contributed by atoms with Crippen molar-refractivity contribution >= 4 is 0 Å². The number of nitrogens with zero attached hydrogens (tertiary/aromatic N) is 6. The molecule has 0 aliphatic carbocycles. The van der Waals surface area contributed by atoms with Gasteiger partial charge in [-0.2, -0.15) is 0 Å². The van der Waals surface area contributed by atoms with Crippen molar-refractivity contribution in [1.29, 1.82) is 0 Å². The van der Waals surface area contributed by atoms with Gasteiger partial charge in [0.25, 0.3) is 0 Å². The minimum atomic E-state index is 0.321. The number of imidazole rings is 2. The quantitative estimate of drug-likeness (QED) is 0.599. The third-order valence-electron chi connectivity index (χ3n) is 6.10. The van der Waals surface area contributed by atoms with Crippen LogP contribution in [0.3, 0.4) is 0 Å². The Morgan fingerprint density at radius 1 is 1.23 bits per heavy atom. The number of likely N-dealkylation sites (N-methyl/N-ethyl adjacent to an activating group) is 1. The first-order valence-electron chi connectivity index (χ1n) is 10.5. The molecule has 1 unspecified atom stereocenters. The van der Waals surface area contributed by atoms with Crippen LogP contribution in [0.2, 0.25) is 0 Å². The Labute approximate surface area is 176 Å². The molecule has 0 spiro atoms. The molecular weight excluding hydrogens is 380 g/mol. The molecule has 0 bridgehead atoms. The number of likely N-dealkylation sites (tertiary alicyclic amines) is 1. The highest BCUT2D eigenvalue weighted by molar-refractivity contribution is 5.44. The summed E-state index contributed by atoms with van der Waals surface area (Å²) in [6, 6.07) is 6.63. The van der Waals surface area contributed by atoms with Crippen molar-refractivity contribution in [3.63, 3.8) is 0 Å². The molecule has 30 heavy (non-hydrogen) atoms. The van der Waals surface area contributed by atoms with Crippen LogP contribution in [0.1, 0.15) is 30.1 Å². The molecule has 2 aromatic heterocycles. The largest absolute Gasteiger partial charge is 0.454 e. The van der Waals surface area contributed by atoms with E-state index in [4.69, 9.17) is 9.47 Å².